The Morgan fingerprint density at radius 2 is 1.92 bits per heavy atom. The van der Waals surface area contributed by atoms with Gasteiger partial charge in [0.2, 0.25) is 11.6 Å². The van der Waals surface area contributed by atoms with Gasteiger partial charge < -0.3 is 26.0 Å². The molecule has 0 saturated heterocycles. The van der Waals surface area contributed by atoms with Gasteiger partial charge in [-0.05, 0) is 63.0 Å². The lowest BCUT2D eigenvalue weighted by atomic mass is 9.56. The SMILES string of the molecule is C=C(N)C1=C(C)C(N(C)C)[C@@H]2C[C@@H]3Cc4c(-c5cnccn5)ccc(O)c4C(O)=C3C(=O)[C@]2(O)C1=O. The Morgan fingerprint density at radius 1 is 1.19 bits per heavy atom. The van der Waals surface area contributed by atoms with Gasteiger partial charge in [0, 0.05) is 46.8 Å². The Labute approximate surface area is 208 Å². The lowest BCUT2D eigenvalue weighted by Crippen LogP contribution is -2.66. The van der Waals surface area contributed by atoms with E-state index in [0.29, 0.717) is 28.8 Å². The monoisotopic (exact) mass is 488 g/mol. The number of Topliss-reactive ketones (excluding diaryl/α,β-unsaturated/α-hetero) is 2. The number of aliphatic hydroxyl groups excluding tert-OH is 1. The number of fused-ring (bicyclic) bond motifs is 3. The van der Waals surface area contributed by atoms with Crippen LogP contribution in [0.15, 0.2) is 59.7 Å². The van der Waals surface area contributed by atoms with Crippen LogP contribution in [0.3, 0.4) is 0 Å². The van der Waals surface area contributed by atoms with Crippen molar-refractivity contribution in [2.45, 2.75) is 31.4 Å². The van der Waals surface area contributed by atoms with Gasteiger partial charge in [-0.25, -0.2) is 0 Å². The first-order chi connectivity index (χ1) is 17.0. The molecule has 5 rings (SSSR count). The molecule has 0 spiro atoms. The van der Waals surface area contributed by atoms with E-state index < -0.39 is 40.8 Å². The van der Waals surface area contributed by atoms with Gasteiger partial charge >= 0.3 is 0 Å². The smallest absolute Gasteiger partial charge is 0.204 e. The zero-order chi connectivity index (χ0) is 26.1. The van der Waals surface area contributed by atoms with Crippen LogP contribution in [-0.2, 0) is 16.0 Å². The zero-order valence-corrected chi connectivity index (χ0v) is 20.3. The van der Waals surface area contributed by atoms with Crippen LogP contribution in [0.4, 0.5) is 0 Å². The van der Waals surface area contributed by atoms with Crippen molar-refractivity contribution >= 4 is 17.3 Å². The maximum absolute atomic E-state index is 14.0. The zero-order valence-electron chi connectivity index (χ0n) is 20.3. The van der Waals surface area contributed by atoms with Crippen molar-refractivity contribution in [2.24, 2.45) is 17.6 Å². The summed E-state index contributed by atoms with van der Waals surface area (Å²) in [5.74, 6) is -3.57. The van der Waals surface area contributed by atoms with E-state index in [1.54, 1.807) is 31.6 Å². The number of rotatable bonds is 3. The number of hydrogen-bond donors (Lipinski definition) is 4. The Balaban J connectivity index is 1.73. The van der Waals surface area contributed by atoms with E-state index in [2.05, 4.69) is 16.5 Å². The lowest BCUT2D eigenvalue weighted by Gasteiger charge is -2.51. The van der Waals surface area contributed by atoms with Crippen LogP contribution in [0, 0.1) is 11.8 Å². The van der Waals surface area contributed by atoms with E-state index in [4.69, 9.17) is 5.73 Å². The Morgan fingerprint density at radius 3 is 2.53 bits per heavy atom. The van der Waals surface area contributed by atoms with Crippen LogP contribution in [0.25, 0.3) is 17.0 Å². The van der Waals surface area contributed by atoms with Gasteiger partial charge in [0.1, 0.15) is 11.5 Å². The summed E-state index contributed by atoms with van der Waals surface area (Å²) >= 11 is 0. The molecular formula is C27H28N4O5. The highest BCUT2D eigenvalue weighted by atomic mass is 16.3. The van der Waals surface area contributed by atoms with E-state index in [1.807, 2.05) is 19.0 Å². The maximum Gasteiger partial charge on any atom is 0.204 e. The van der Waals surface area contributed by atoms with Gasteiger partial charge in [0.25, 0.3) is 0 Å². The summed E-state index contributed by atoms with van der Waals surface area (Å²) in [5.41, 5.74) is 6.10. The van der Waals surface area contributed by atoms with Gasteiger partial charge in [0.15, 0.2) is 5.60 Å². The van der Waals surface area contributed by atoms with Crippen LogP contribution in [0.2, 0.25) is 0 Å². The van der Waals surface area contributed by atoms with E-state index in [9.17, 15) is 24.9 Å². The lowest BCUT2D eigenvalue weighted by molar-refractivity contribution is -0.160. The number of ketones is 2. The average Bonchev–Trinajstić information content (AvgIpc) is 2.81. The quantitative estimate of drug-likeness (QED) is 0.475. The molecule has 1 saturated carbocycles. The normalized spacial score (nSPS) is 27.6. The third-order valence-corrected chi connectivity index (χ3v) is 7.82. The molecule has 1 aromatic carbocycles. The predicted octanol–water partition coefficient (Wildman–Crippen LogP) is 1.91. The number of allylic oxidation sites excluding steroid dienone is 1. The molecule has 9 heteroatoms. The number of likely N-dealkylation sites (N-methyl/N-ethyl adjacent to an activating group) is 1. The van der Waals surface area contributed by atoms with E-state index in [1.165, 1.54) is 6.07 Å². The molecule has 2 aromatic rings. The van der Waals surface area contributed by atoms with Gasteiger partial charge in [-0.3, -0.25) is 19.6 Å². The molecule has 1 heterocycles. The number of carbonyl (C=O) groups is 2. The first kappa shape index (κ1) is 23.9. The van der Waals surface area contributed by atoms with E-state index in [-0.39, 0.29) is 34.6 Å². The summed E-state index contributed by atoms with van der Waals surface area (Å²) in [6.07, 6.45) is 5.25. The molecule has 1 fully saturated rings. The molecule has 4 atom stereocenters. The minimum absolute atomic E-state index is 0.0235. The molecule has 1 aromatic heterocycles. The molecule has 3 aliphatic rings. The molecule has 0 radical (unpaired) electrons. The summed E-state index contributed by atoms with van der Waals surface area (Å²) in [6, 6.07) is 2.66. The van der Waals surface area contributed by atoms with Crippen LogP contribution in [-0.4, -0.2) is 67.5 Å². The van der Waals surface area contributed by atoms with Gasteiger partial charge in [-0.15, -0.1) is 0 Å². The molecule has 0 aliphatic heterocycles. The fraction of sp³-hybridized carbons (Fsp3) is 0.333. The molecule has 0 bridgehead atoms. The molecule has 36 heavy (non-hydrogen) atoms. The van der Waals surface area contributed by atoms with Gasteiger partial charge in [0.05, 0.1) is 17.5 Å². The number of nitrogens with two attached hydrogens (primary N) is 1. The Kier molecular flexibility index (Phi) is 5.38. The van der Waals surface area contributed by atoms with Crippen molar-refractivity contribution in [3.8, 4) is 17.0 Å². The molecule has 0 amide bonds. The first-order valence-electron chi connectivity index (χ1n) is 11.7. The van der Waals surface area contributed by atoms with Crippen molar-refractivity contribution in [1.82, 2.24) is 14.9 Å². The minimum atomic E-state index is -2.42. The number of aromatic nitrogens is 2. The Hall–Kier alpha value is -3.82. The van der Waals surface area contributed by atoms with Crippen LogP contribution < -0.4 is 5.73 Å². The number of benzene rings is 1. The third kappa shape index (κ3) is 3.09. The summed E-state index contributed by atoms with van der Waals surface area (Å²) < 4.78 is 0. The predicted molar refractivity (Wildman–Crippen MR) is 132 cm³/mol. The van der Waals surface area contributed by atoms with Crippen molar-refractivity contribution in [3.63, 3.8) is 0 Å². The largest absolute Gasteiger partial charge is 0.507 e. The molecular weight excluding hydrogens is 460 g/mol. The van der Waals surface area contributed by atoms with Crippen molar-refractivity contribution < 1.29 is 24.9 Å². The number of aliphatic hydroxyl groups is 2. The summed E-state index contributed by atoms with van der Waals surface area (Å²) in [7, 11) is 3.63. The molecule has 5 N–H and O–H groups in total. The third-order valence-electron chi connectivity index (χ3n) is 7.82. The molecule has 1 unspecified atom stereocenters. The highest BCUT2D eigenvalue weighted by Gasteiger charge is 2.63. The molecule has 186 valence electrons. The van der Waals surface area contributed by atoms with Gasteiger partial charge in [-0.2, -0.15) is 0 Å². The highest BCUT2D eigenvalue weighted by Crippen LogP contribution is 2.53. The summed E-state index contributed by atoms with van der Waals surface area (Å²) in [6.45, 7) is 5.46. The summed E-state index contributed by atoms with van der Waals surface area (Å²) in [4.78, 5) is 37.9. The van der Waals surface area contributed by atoms with Crippen LogP contribution in [0.5, 0.6) is 5.75 Å². The second kappa shape index (κ2) is 8.11. The number of nitrogens with zero attached hydrogens (tertiary/aromatic N) is 3. The van der Waals surface area contributed by atoms with Gasteiger partial charge in [-0.1, -0.05) is 6.58 Å². The number of phenolic OH excluding ortho intramolecular Hbond substituents is 1. The van der Waals surface area contributed by atoms with E-state index >= 15 is 0 Å². The number of carbonyl (C=O) groups excluding carboxylic acids is 2. The topological polar surface area (TPSA) is 150 Å². The Bertz CT molecular complexity index is 1390. The van der Waals surface area contributed by atoms with Crippen molar-refractivity contribution in [1.29, 1.82) is 0 Å². The van der Waals surface area contributed by atoms with E-state index in [0.717, 1.165) is 0 Å². The van der Waals surface area contributed by atoms with Crippen molar-refractivity contribution in [2.75, 3.05) is 14.1 Å². The van der Waals surface area contributed by atoms with Crippen LogP contribution in [0.1, 0.15) is 24.5 Å². The van der Waals surface area contributed by atoms with Crippen LogP contribution >= 0.6 is 0 Å². The minimum Gasteiger partial charge on any atom is -0.507 e. The summed E-state index contributed by atoms with van der Waals surface area (Å²) in [5, 5.41) is 33.8. The first-order valence-corrected chi connectivity index (χ1v) is 11.7. The van der Waals surface area contributed by atoms with Crippen molar-refractivity contribution in [3.05, 3.63) is 70.8 Å². The number of hydrogen-bond acceptors (Lipinski definition) is 9. The maximum atomic E-state index is 14.0. The highest BCUT2D eigenvalue weighted by molar-refractivity contribution is 6.26. The standard InChI is InChI=1S/C27H28N4O5/c1-12-20(13(2)28)25(34)27(36)17(23(12)31(3)4)10-14-9-16-15(18-11-29-7-8-30-18)5-6-19(32)22(16)24(33)21(14)26(27)35/h5-8,11,14,17,23,32-33,36H,2,9-10,28H2,1,3-4H3/t14-,17-,23?,27+/m0/s1. The number of aromatic hydroxyl groups is 1. The fourth-order valence-electron chi connectivity index (χ4n) is 6.41. The second-order valence-electron chi connectivity index (χ2n) is 10.00. The average molecular weight is 489 g/mol. The fourth-order valence-corrected chi connectivity index (χ4v) is 6.41. The number of phenols is 1. The molecule has 3 aliphatic carbocycles. The second-order valence-corrected chi connectivity index (χ2v) is 10.00. The molecule has 9 nitrogen and oxygen atoms in total.